The summed E-state index contributed by atoms with van der Waals surface area (Å²) in [7, 11) is 0. The van der Waals surface area contributed by atoms with Gasteiger partial charge in [-0.1, -0.05) is 12.2 Å². The number of hydrogen-bond donors (Lipinski definition) is 4. The lowest BCUT2D eigenvalue weighted by Gasteiger charge is -2.22. The Labute approximate surface area is 155 Å². The number of rotatable bonds is 10. The Hall–Kier alpha value is -2.05. The molecule has 11 heteroatoms. The summed E-state index contributed by atoms with van der Waals surface area (Å²) in [5.74, 6) is -0.522. The van der Waals surface area contributed by atoms with Gasteiger partial charge in [-0.2, -0.15) is 4.73 Å². The van der Waals surface area contributed by atoms with E-state index in [0.29, 0.717) is 0 Å². The molecule has 0 saturated carbocycles. The van der Waals surface area contributed by atoms with Crippen molar-refractivity contribution in [3.8, 4) is 0 Å². The number of nitrogens with zero attached hydrogens (tertiary/aromatic N) is 3. The molecule has 0 saturated heterocycles. The van der Waals surface area contributed by atoms with E-state index in [1.54, 1.807) is 0 Å². The Bertz CT molecular complexity index is 640. The first-order valence-electron chi connectivity index (χ1n) is 7.91. The van der Waals surface area contributed by atoms with E-state index < -0.39 is 12.0 Å². The third kappa shape index (κ3) is 6.04. The normalized spacial score (nSPS) is 10.5. The summed E-state index contributed by atoms with van der Waals surface area (Å²) in [6.45, 7) is -1.21. The van der Waals surface area contributed by atoms with Gasteiger partial charge in [-0.05, 0) is 12.1 Å². The average Bonchev–Trinajstić information content (AvgIpc) is 2.62. The number of amides is 2. The Balaban J connectivity index is 3.03. The molecule has 0 aromatic carbocycles. The van der Waals surface area contributed by atoms with Gasteiger partial charge in [-0.3, -0.25) is 4.79 Å². The largest absolute Gasteiger partial charge is 0.434 e. The monoisotopic (exact) mass is 389 g/mol. The third-order valence-corrected chi connectivity index (χ3v) is 3.75. The molecule has 0 unspecified atom stereocenters. The van der Waals surface area contributed by atoms with Crippen molar-refractivity contribution in [1.82, 2.24) is 14.5 Å². The number of aliphatic hydroxyl groups excluding tert-OH is 4. The van der Waals surface area contributed by atoms with Crippen molar-refractivity contribution >= 4 is 24.2 Å². The molecule has 0 radical (unpaired) electrons. The van der Waals surface area contributed by atoms with Crippen LogP contribution in [0.15, 0.2) is 18.3 Å². The van der Waals surface area contributed by atoms with Gasteiger partial charge in [0.1, 0.15) is 0 Å². The third-order valence-electron chi connectivity index (χ3n) is 3.35. The molecule has 26 heavy (non-hydrogen) atoms. The van der Waals surface area contributed by atoms with E-state index in [4.69, 9.17) is 37.5 Å². The Morgan fingerprint density at radius 2 is 1.46 bits per heavy atom. The lowest BCUT2D eigenvalue weighted by atomic mass is 10.2. The fraction of sp³-hybridized carbons (Fsp3) is 0.533. The smallest absolute Gasteiger partial charge is 0.395 e. The maximum Gasteiger partial charge on any atom is 0.434 e. The first-order chi connectivity index (χ1) is 12.5. The molecule has 0 aliphatic rings. The van der Waals surface area contributed by atoms with Crippen molar-refractivity contribution in [2.45, 2.75) is 0 Å². The Morgan fingerprint density at radius 3 is 1.96 bits per heavy atom. The highest BCUT2D eigenvalue weighted by atomic mass is 32.1. The predicted molar refractivity (Wildman–Crippen MR) is 93.1 cm³/mol. The molecule has 10 nitrogen and oxygen atoms in total. The first-order valence-corrected chi connectivity index (χ1v) is 8.32. The molecule has 0 fully saturated rings. The van der Waals surface area contributed by atoms with Crippen LogP contribution >= 0.6 is 12.2 Å². The number of aliphatic hydroxyl groups is 4. The molecular weight excluding hydrogens is 366 g/mol. The Kier molecular flexibility index (Phi) is 9.76. The fourth-order valence-electron chi connectivity index (χ4n) is 2.11. The first kappa shape index (κ1) is 22.0. The van der Waals surface area contributed by atoms with Gasteiger partial charge in [0.25, 0.3) is 5.91 Å². The van der Waals surface area contributed by atoms with E-state index in [-0.39, 0.29) is 62.8 Å². The van der Waals surface area contributed by atoms with E-state index in [2.05, 4.69) is 0 Å². The van der Waals surface area contributed by atoms with Crippen LogP contribution in [0.5, 0.6) is 0 Å². The number of aromatic nitrogens is 1. The summed E-state index contributed by atoms with van der Waals surface area (Å²) in [5.41, 5.74) is 0.0630. The minimum absolute atomic E-state index is 0.0175. The van der Waals surface area contributed by atoms with Crippen LogP contribution in [0.4, 0.5) is 4.79 Å². The quantitative estimate of drug-likeness (QED) is 0.354. The van der Waals surface area contributed by atoms with Crippen LogP contribution in [-0.2, 0) is 0 Å². The highest BCUT2D eigenvalue weighted by molar-refractivity contribution is 7.71. The predicted octanol–water partition coefficient (Wildman–Crippen LogP) is -1.52. The Morgan fingerprint density at radius 1 is 0.962 bits per heavy atom. The maximum absolute atomic E-state index is 12.5. The van der Waals surface area contributed by atoms with Crippen LogP contribution in [0.3, 0.4) is 0 Å². The molecule has 0 atom stereocenters. The van der Waals surface area contributed by atoms with Crippen molar-refractivity contribution in [2.24, 2.45) is 0 Å². The topological polar surface area (TPSA) is 136 Å². The van der Waals surface area contributed by atoms with Crippen molar-refractivity contribution in [2.75, 3.05) is 52.6 Å². The second kappa shape index (κ2) is 11.5. The molecule has 146 valence electrons. The van der Waals surface area contributed by atoms with Crippen LogP contribution in [0.2, 0.25) is 0 Å². The van der Waals surface area contributed by atoms with Crippen LogP contribution < -0.4 is 4.84 Å². The summed E-state index contributed by atoms with van der Waals surface area (Å²) < 4.78 is 0.864. The molecule has 0 aliphatic carbocycles. The summed E-state index contributed by atoms with van der Waals surface area (Å²) >= 11 is 5.19. The number of hydrogen-bond acceptors (Lipinski definition) is 8. The van der Waals surface area contributed by atoms with Gasteiger partial charge < -0.3 is 35.1 Å². The molecule has 4 N–H and O–H groups in total. The molecule has 1 heterocycles. The molecule has 1 aromatic heterocycles. The van der Waals surface area contributed by atoms with Gasteiger partial charge in [0, 0.05) is 32.4 Å². The van der Waals surface area contributed by atoms with Gasteiger partial charge in [-0.25, -0.2) is 4.79 Å². The van der Waals surface area contributed by atoms with Crippen molar-refractivity contribution < 1.29 is 34.9 Å². The second-order valence-corrected chi connectivity index (χ2v) is 5.47. The summed E-state index contributed by atoms with van der Waals surface area (Å²) in [4.78, 5) is 32.1. The van der Waals surface area contributed by atoms with E-state index in [1.165, 1.54) is 23.2 Å². The number of carbonyl (C=O) groups is 2. The minimum atomic E-state index is -0.851. The minimum Gasteiger partial charge on any atom is -0.395 e. The van der Waals surface area contributed by atoms with Crippen LogP contribution in [-0.4, -0.2) is 99.6 Å². The van der Waals surface area contributed by atoms with E-state index >= 15 is 0 Å². The zero-order valence-corrected chi connectivity index (χ0v) is 15.0. The molecule has 0 spiro atoms. The van der Waals surface area contributed by atoms with Crippen LogP contribution in [0, 0.1) is 4.64 Å². The number of carbonyl (C=O) groups excluding carboxylic acids is 2. The zero-order valence-electron chi connectivity index (χ0n) is 14.2. The fourth-order valence-corrected chi connectivity index (χ4v) is 2.37. The van der Waals surface area contributed by atoms with Gasteiger partial charge in [0.05, 0.1) is 32.0 Å². The molecule has 2 amide bonds. The van der Waals surface area contributed by atoms with Gasteiger partial charge in [0.2, 0.25) is 0 Å². The molecule has 1 rings (SSSR count). The molecule has 1 aromatic rings. The molecule has 0 bridgehead atoms. The van der Waals surface area contributed by atoms with Crippen LogP contribution in [0.1, 0.15) is 10.4 Å². The van der Waals surface area contributed by atoms with Crippen molar-refractivity contribution in [1.29, 1.82) is 0 Å². The molecule has 0 aliphatic heterocycles. The average molecular weight is 389 g/mol. The van der Waals surface area contributed by atoms with Gasteiger partial charge in [-0.15, -0.1) is 0 Å². The summed E-state index contributed by atoms with van der Waals surface area (Å²) in [6.07, 6.45) is 0.492. The maximum atomic E-state index is 12.5. The highest BCUT2D eigenvalue weighted by Gasteiger charge is 2.20. The lowest BCUT2D eigenvalue weighted by Crippen LogP contribution is -2.41. The zero-order chi connectivity index (χ0) is 19.5. The van der Waals surface area contributed by atoms with Gasteiger partial charge in [0.15, 0.2) is 4.64 Å². The molecular formula is C15H23N3O7S. The van der Waals surface area contributed by atoms with E-state index in [0.717, 1.165) is 9.63 Å². The summed E-state index contributed by atoms with van der Waals surface area (Å²) in [6, 6.07) is 2.89. The van der Waals surface area contributed by atoms with Crippen molar-refractivity contribution in [3.63, 3.8) is 0 Å². The van der Waals surface area contributed by atoms with Gasteiger partial charge >= 0.3 is 6.09 Å². The number of pyridine rings is 1. The van der Waals surface area contributed by atoms with E-state index in [1.807, 2.05) is 0 Å². The SMILES string of the molecule is O=C(On1cccc(C(=O)N(CCO)CCO)c1=S)N(CCO)CCO. The summed E-state index contributed by atoms with van der Waals surface area (Å²) in [5, 5.41) is 36.0. The standard InChI is InChI=1S/C15H23N3O7S/c19-8-4-16(5-9-20)13(23)12-2-1-3-18(14(12)26)25-15(24)17(6-10-21)7-11-22/h1-3,19-22H,4-11H2. The van der Waals surface area contributed by atoms with Crippen LogP contribution in [0.25, 0.3) is 0 Å². The lowest BCUT2D eigenvalue weighted by molar-refractivity contribution is 0.0661. The van der Waals surface area contributed by atoms with E-state index in [9.17, 15) is 9.59 Å². The second-order valence-electron chi connectivity index (χ2n) is 5.08. The van der Waals surface area contributed by atoms with Crippen molar-refractivity contribution in [3.05, 3.63) is 28.5 Å². The highest BCUT2D eigenvalue weighted by Crippen LogP contribution is 2.08.